The van der Waals surface area contributed by atoms with Crippen molar-refractivity contribution in [1.82, 2.24) is 0 Å². The van der Waals surface area contributed by atoms with Gasteiger partial charge in [0.2, 0.25) is 0 Å². The second-order valence-corrected chi connectivity index (χ2v) is 4.13. The van der Waals surface area contributed by atoms with Crippen LogP contribution in [0.5, 0.6) is 0 Å². The molecule has 0 atom stereocenters. The molecule has 0 fully saturated rings. The molecule has 4 heteroatoms. The van der Waals surface area contributed by atoms with Crippen molar-refractivity contribution in [2.75, 3.05) is 24.6 Å². The monoisotopic (exact) mass is 235 g/mol. The largest absolute Gasteiger partial charge is 0.395 e. The number of benzene rings is 1. The summed E-state index contributed by atoms with van der Waals surface area (Å²) in [6.07, 6.45) is 1.04. The van der Waals surface area contributed by atoms with Crippen LogP contribution in [0.1, 0.15) is 24.5 Å². The molecular weight excluding hydrogens is 214 g/mol. The van der Waals surface area contributed by atoms with Gasteiger partial charge in [-0.1, -0.05) is 6.92 Å². The summed E-state index contributed by atoms with van der Waals surface area (Å²) in [5.74, 6) is 0.0869. The van der Waals surface area contributed by atoms with E-state index in [0.717, 1.165) is 29.8 Å². The van der Waals surface area contributed by atoms with Crippen molar-refractivity contribution < 1.29 is 5.11 Å². The minimum absolute atomic E-state index is 0.0869. The summed E-state index contributed by atoms with van der Waals surface area (Å²) in [4.78, 5) is 2.15. The molecule has 0 bridgehead atoms. The minimum Gasteiger partial charge on any atom is -0.395 e. The third-order valence-corrected chi connectivity index (χ3v) is 2.71. The average Bonchev–Trinajstić information content (AvgIpc) is 2.28. The molecule has 1 aromatic rings. The lowest BCUT2D eigenvalue weighted by Gasteiger charge is -2.25. The van der Waals surface area contributed by atoms with Gasteiger partial charge in [0.15, 0.2) is 0 Å². The van der Waals surface area contributed by atoms with Crippen LogP contribution in [0.3, 0.4) is 0 Å². The third-order valence-electron chi connectivity index (χ3n) is 2.71. The molecule has 0 aliphatic rings. The molecule has 0 aromatic heterocycles. The number of anilines is 1. The van der Waals surface area contributed by atoms with Gasteiger partial charge in [0.1, 0.15) is 5.84 Å². The minimum atomic E-state index is 0.0869. The summed E-state index contributed by atoms with van der Waals surface area (Å²) in [6, 6.07) is 5.74. The number of hydrogen-bond donors (Lipinski definition) is 3. The van der Waals surface area contributed by atoms with E-state index in [1.807, 2.05) is 25.1 Å². The molecule has 4 nitrogen and oxygen atoms in total. The first kappa shape index (κ1) is 13.5. The Hall–Kier alpha value is -1.55. The van der Waals surface area contributed by atoms with Crippen molar-refractivity contribution in [3.05, 3.63) is 29.3 Å². The van der Waals surface area contributed by atoms with Gasteiger partial charge in [-0.3, -0.25) is 5.41 Å². The van der Waals surface area contributed by atoms with Crippen molar-refractivity contribution >= 4 is 11.5 Å². The number of nitrogen functional groups attached to an aromatic ring is 1. The zero-order valence-electron chi connectivity index (χ0n) is 10.5. The smallest absolute Gasteiger partial charge is 0.122 e. The van der Waals surface area contributed by atoms with Crippen molar-refractivity contribution in [3.8, 4) is 0 Å². The number of aliphatic hydroxyl groups is 1. The van der Waals surface area contributed by atoms with E-state index in [-0.39, 0.29) is 12.4 Å². The number of nitrogens with one attached hydrogen (secondary N) is 1. The Balaban J connectivity index is 2.99. The highest BCUT2D eigenvalue weighted by Crippen LogP contribution is 2.21. The van der Waals surface area contributed by atoms with Gasteiger partial charge in [-0.15, -0.1) is 0 Å². The van der Waals surface area contributed by atoms with Crippen LogP contribution in [0.15, 0.2) is 18.2 Å². The van der Waals surface area contributed by atoms with Gasteiger partial charge in [-0.05, 0) is 37.1 Å². The molecule has 17 heavy (non-hydrogen) atoms. The van der Waals surface area contributed by atoms with Gasteiger partial charge in [0, 0.05) is 24.3 Å². The van der Waals surface area contributed by atoms with Crippen LogP contribution in [0, 0.1) is 12.3 Å². The van der Waals surface area contributed by atoms with E-state index in [4.69, 9.17) is 16.2 Å². The molecule has 1 aromatic carbocycles. The number of amidine groups is 1. The first-order valence-corrected chi connectivity index (χ1v) is 5.91. The van der Waals surface area contributed by atoms with Gasteiger partial charge in [-0.2, -0.15) is 0 Å². The van der Waals surface area contributed by atoms with Gasteiger partial charge in [-0.25, -0.2) is 0 Å². The molecule has 0 amide bonds. The molecule has 0 spiro atoms. The fourth-order valence-corrected chi connectivity index (χ4v) is 1.92. The Morgan fingerprint density at radius 2 is 2.12 bits per heavy atom. The van der Waals surface area contributed by atoms with Crippen molar-refractivity contribution in [1.29, 1.82) is 5.41 Å². The fraction of sp³-hybridized carbons (Fsp3) is 0.462. The highest BCUT2D eigenvalue weighted by atomic mass is 16.3. The fourth-order valence-electron chi connectivity index (χ4n) is 1.92. The maximum absolute atomic E-state index is 9.06. The zero-order chi connectivity index (χ0) is 12.8. The highest BCUT2D eigenvalue weighted by Gasteiger charge is 2.09. The van der Waals surface area contributed by atoms with E-state index in [9.17, 15) is 0 Å². The predicted molar refractivity (Wildman–Crippen MR) is 71.8 cm³/mol. The maximum atomic E-state index is 9.06. The van der Waals surface area contributed by atoms with Crippen LogP contribution in [0.2, 0.25) is 0 Å². The molecule has 0 saturated carbocycles. The maximum Gasteiger partial charge on any atom is 0.122 e. The summed E-state index contributed by atoms with van der Waals surface area (Å²) in [7, 11) is 0. The van der Waals surface area contributed by atoms with Crippen LogP contribution in [-0.4, -0.2) is 30.6 Å². The van der Waals surface area contributed by atoms with E-state index in [0.29, 0.717) is 6.54 Å². The molecule has 94 valence electrons. The van der Waals surface area contributed by atoms with Crippen LogP contribution in [-0.2, 0) is 0 Å². The molecule has 1 rings (SSSR count). The highest BCUT2D eigenvalue weighted by molar-refractivity contribution is 5.95. The summed E-state index contributed by atoms with van der Waals surface area (Å²) >= 11 is 0. The van der Waals surface area contributed by atoms with Crippen molar-refractivity contribution in [2.45, 2.75) is 20.3 Å². The zero-order valence-corrected chi connectivity index (χ0v) is 10.5. The van der Waals surface area contributed by atoms with Gasteiger partial charge < -0.3 is 15.7 Å². The average molecular weight is 235 g/mol. The van der Waals surface area contributed by atoms with Crippen LogP contribution in [0.4, 0.5) is 5.69 Å². The molecule has 0 radical (unpaired) electrons. The van der Waals surface area contributed by atoms with Crippen molar-refractivity contribution in [2.24, 2.45) is 5.73 Å². The van der Waals surface area contributed by atoms with Crippen LogP contribution < -0.4 is 10.6 Å². The predicted octanol–water partition coefficient (Wildman–Crippen LogP) is 1.49. The normalized spacial score (nSPS) is 10.3. The van der Waals surface area contributed by atoms with Crippen LogP contribution in [0.25, 0.3) is 0 Å². The number of nitrogens with two attached hydrogens (primary N) is 1. The van der Waals surface area contributed by atoms with Gasteiger partial charge >= 0.3 is 0 Å². The van der Waals surface area contributed by atoms with E-state index >= 15 is 0 Å². The Labute approximate surface area is 103 Å². The number of hydrogen-bond acceptors (Lipinski definition) is 3. The standard InChI is InChI=1S/C13H21N3O/c1-3-6-16(7-8-17)12-5-4-11(13(14)15)9-10(12)2/h4-5,9,17H,3,6-8H2,1-2H3,(H3,14,15). The lowest BCUT2D eigenvalue weighted by Crippen LogP contribution is -2.28. The Bertz CT molecular complexity index is 384. The van der Waals surface area contributed by atoms with E-state index < -0.39 is 0 Å². The number of aryl methyl sites for hydroxylation is 1. The topological polar surface area (TPSA) is 73.3 Å². The first-order valence-electron chi connectivity index (χ1n) is 5.91. The lowest BCUT2D eigenvalue weighted by molar-refractivity contribution is 0.302. The summed E-state index contributed by atoms with van der Waals surface area (Å²) in [5, 5.41) is 16.5. The molecule has 0 saturated heterocycles. The Kier molecular flexibility index (Phi) is 4.97. The third kappa shape index (κ3) is 3.46. The first-order chi connectivity index (χ1) is 8.10. The SMILES string of the molecule is CCCN(CCO)c1ccc(C(=N)N)cc1C. The Morgan fingerprint density at radius 3 is 2.59 bits per heavy atom. The van der Waals surface area contributed by atoms with E-state index in [1.54, 1.807) is 0 Å². The molecule has 0 aliphatic heterocycles. The molecule has 0 unspecified atom stereocenters. The molecular formula is C13H21N3O. The number of rotatable bonds is 6. The lowest BCUT2D eigenvalue weighted by atomic mass is 10.1. The Morgan fingerprint density at radius 1 is 1.41 bits per heavy atom. The van der Waals surface area contributed by atoms with Crippen molar-refractivity contribution in [3.63, 3.8) is 0 Å². The van der Waals surface area contributed by atoms with E-state index in [1.165, 1.54) is 0 Å². The second kappa shape index (κ2) is 6.25. The second-order valence-electron chi connectivity index (χ2n) is 4.13. The summed E-state index contributed by atoms with van der Waals surface area (Å²) < 4.78 is 0. The molecule has 0 aliphatic carbocycles. The van der Waals surface area contributed by atoms with Crippen LogP contribution >= 0.6 is 0 Å². The number of nitrogens with zero attached hydrogens (tertiary/aromatic N) is 1. The molecule has 0 heterocycles. The quantitative estimate of drug-likeness (QED) is 0.516. The summed E-state index contributed by atoms with van der Waals surface area (Å²) in [5.41, 5.74) is 8.38. The summed E-state index contributed by atoms with van der Waals surface area (Å²) in [6.45, 7) is 5.81. The molecule has 4 N–H and O–H groups in total. The van der Waals surface area contributed by atoms with Gasteiger partial charge in [0.05, 0.1) is 6.61 Å². The van der Waals surface area contributed by atoms with Gasteiger partial charge in [0.25, 0.3) is 0 Å². The number of aliphatic hydroxyl groups excluding tert-OH is 1. The van der Waals surface area contributed by atoms with E-state index in [2.05, 4.69) is 11.8 Å².